The van der Waals surface area contributed by atoms with E-state index < -0.39 is 0 Å². The lowest BCUT2D eigenvalue weighted by Gasteiger charge is -2.11. The summed E-state index contributed by atoms with van der Waals surface area (Å²) < 4.78 is 1.61. The van der Waals surface area contributed by atoms with Gasteiger partial charge in [-0.05, 0) is 74.7 Å². The monoisotopic (exact) mass is 416 g/mol. The number of nitrogen functional groups attached to an aromatic ring is 1. The Kier molecular flexibility index (Phi) is 4.73. The Bertz CT molecular complexity index is 666. The second-order valence-electron chi connectivity index (χ2n) is 4.29. The zero-order chi connectivity index (χ0) is 14.9. The van der Waals surface area contributed by atoms with Crippen molar-refractivity contribution in [2.24, 2.45) is 0 Å². The standard InChI is InChI=1S/C14H11Br2ClN2O/c1-7-4-9(15)13(10(16)5-7)19-14(20)8-2-3-12(18)11(17)6-8/h2-6H,18H2,1H3,(H,19,20). The Morgan fingerprint density at radius 3 is 2.35 bits per heavy atom. The molecule has 0 unspecified atom stereocenters. The molecular formula is C14H11Br2ClN2O. The van der Waals surface area contributed by atoms with Crippen LogP contribution in [0.1, 0.15) is 15.9 Å². The lowest BCUT2D eigenvalue weighted by Crippen LogP contribution is -2.13. The second-order valence-corrected chi connectivity index (χ2v) is 6.41. The quantitative estimate of drug-likeness (QED) is 0.674. The lowest BCUT2D eigenvalue weighted by atomic mass is 10.2. The van der Waals surface area contributed by atoms with Gasteiger partial charge in [-0.2, -0.15) is 0 Å². The SMILES string of the molecule is Cc1cc(Br)c(NC(=O)c2ccc(N)c(Cl)c2)c(Br)c1. The number of anilines is 2. The number of amides is 1. The largest absolute Gasteiger partial charge is 0.398 e. The predicted octanol–water partition coefficient (Wildman–Crippen LogP) is 5.01. The first kappa shape index (κ1) is 15.4. The summed E-state index contributed by atoms with van der Waals surface area (Å²) in [6.07, 6.45) is 0. The fraction of sp³-hybridized carbons (Fsp3) is 0.0714. The molecule has 104 valence electrons. The van der Waals surface area contributed by atoms with Crippen LogP contribution >= 0.6 is 43.5 Å². The van der Waals surface area contributed by atoms with E-state index in [0.717, 1.165) is 14.5 Å². The van der Waals surface area contributed by atoms with Gasteiger partial charge < -0.3 is 11.1 Å². The van der Waals surface area contributed by atoms with Crippen LogP contribution in [0.25, 0.3) is 0 Å². The highest BCUT2D eigenvalue weighted by Gasteiger charge is 2.12. The average molecular weight is 419 g/mol. The van der Waals surface area contributed by atoms with E-state index in [0.29, 0.717) is 22.0 Å². The third-order valence-corrected chi connectivity index (χ3v) is 4.27. The molecule has 1 amide bonds. The summed E-state index contributed by atoms with van der Waals surface area (Å²) in [6, 6.07) is 8.64. The number of nitrogens with two attached hydrogens (primary N) is 1. The molecule has 2 aromatic carbocycles. The molecule has 0 aliphatic rings. The van der Waals surface area contributed by atoms with E-state index in [4.69, 9.17) is 17.3 Å². The van der Waals surface area contributed by atoms with Crippen LogP contribution in [0.15, 0.2) is 39.3 Å². The minimum atomic E-state index is -0.253. The molecule has 0 saturated carbocycles. The molecule has 0 atom stereocenters. The maximum absolute atomic E-state index is 12.2. The van der Waals surface area contributed by atoms with Crippen molar-refractivity contribution in [1.82, 2.24) is 0 Å². The van der Waals surface area contributed by atoms with Gasteiger partial charge in [0, 0.05) is 14.5 Å². The van der Waals surface area contributed by atoms with Crippen LogP contribution in [0, 0.1) is 6.92 Å². The van der Waals surface area contributed by atoms with Gasteiger partial charge >= 0.3 is 0 Å². The number of carbonyl (C=O) groups excluding carboxylic acids is 1. The van der Waals surface area contributed by atoms with E-state index in [1.54, 1.807) is 18.2 Å². The van der Waals surface area contributed by atoms with Gasteiger partial charge in [-0.1, -0.05) is 11.6 Å². The minimum absolute atomic E-state index is 0.253. The summed E-state index contributed by atoms with van der Waals surface area (Å²) in [5.41, 5.74) is 8.28. The first-order valence-electron chi connectivity index (χ1n) is 5.70. The minimum Gasteiger partial charge on any atom is -0.398 e. The highest BCUT2D eigenvalue weighted by Crippen LogP contribution is 2.32. The van der Waals surface area contributed by atoms with Crippen molar-refractivity contribution < 1.29 is 4.79 Å². The molecule has 0 aromatic heterocycles. The maximum Gasteiger partial charge on any atom is 0.255 e. The van der Waals surface area contributed by atoms with Crippen LogP contribution in [-0.2, 0) is 0 Å². The molecule has 0 fully saturated rings. The molecule has 20 heavy (non-hydrogen) atoms. The number of hydrogen-bond acceptors (Lipinski definition) is 2. The van der Waals surface area contributed by atoms with Crippen LogP contribution in [-0.4, -0.2) is 5.91 Å². The average Bonchev–Trinajstić information content (AvgIpc) is 2.36. The zero-order valence-electron chi connectivity index (χ0n) is 10.5. The van der Waals surface area contributed by atoms with Crippen LogP contribution in [0.5, 0.6) is 0 Å². The lowest BCUT2D eigenvalue weighted by molar-refractivity contribution is 0.102. The molecule has 0 saturated heterocycles. The predicted molar refractivity (Wildman–Crippen MR) is 90.4 cm³/mol. The molecule has 0 heterocycles. The van der Waals surface area contributed by atoms with Crippen LogP contribution in [0.2, 0.25) is 5.02 Å². The molecule has 0 bridgehead atoms. The number of halogens is 3. The van der Waals surface area contributed by atoms with Gasteiger partial charge in [0.25, 0.3) is 5.91 Å². The van der Waals surface area contributed by atoms with Crippen molar-refractivity contribution in [2.45, 2.75) is 6.92 Å². The number of nitrogens with one attached hydrogen (secondary N) is 1. The number of benzene rings is 2. The van der Waals surface area contributed by atoms with Crippen LogP contribution in [0.4, 0.5) is 11.4 Å². The molecular weight excluding hydrogens is 407 g/mol. The van der Waals surface area contributed by atoms with E-state index in [1.807, 2.05) is 19.1 Å². The summed E-state index contributed by atoms with van der Waals surface area (Å²) in [5, 5.41) is 3.20. The Morgan fingerprint density at radius 2 is 1.80 bits per heavy atom. The van der Waals surface area contributed by atoms with Gasteiger partial charge in [0.15, 0.2) is 0 Å². The van der Waals surface area contributed by atoms with Crippen LogP contribution in [0.3, 0.4) is 0 Å². The summed E-state index contributed by atoms with van der Waals surface area (Å²) in [5.74, 6) is -0.253. The first-order valence-corrected chi connectivity index (χ1v) is 7.67. The number of aryl methyl sites for hydroxylation is 1. The van der Waals surface area contributed by atoms with Crippen LogP contribution < -0.4 is 11.1 Å². The Hall–Kier alpha value is -1.04. The van der Waals surface area contributed by atoms with E-state index in [9.17, 15) is 4.79 Å². The zero-order valence-corrected chi connectivity index (χ0v) is 14.4. The number of carbonyl (C=O) groups is 1. The maximum atomic E-state index is 12.2. The Balaban J connectivity index is 2.30. The molecule has 2 aromatic rings. The topological polar surface area (TPSA) is 55.1 Å². The Labute approximate surface area is 138 Å². The van der Waals surface area contributed by atoms with Crippen molar-refractivity contribution in [3.8, 4) is 0 Å². The molecule has 0 aliphatic heterocycles. The van der Waals surface area contributed by atoms with Gasteiger partial charge in [0.05, 0.1) is 16.4 Å². The molecule has 0 spiro atoms. The fourth-order valence-corrected chi connectivity index (χ4v) is 3.47. The van der Waals surface area contributed by atoms with E-state index in [-0.39, 0.29) is 5.91 Å². The fourth-order valence-electron chi connectivity index (χ4n) is 1.67. The summed E-state index contributed by atoms with van der Waals surface area (Å²) >= 11 is 12.8. The summed E-state index contributed by atoms with van der Waals surface area (Å²) in [6.45, 7) is 1.97. The number of hydrogen-bond donors (Lipinski definition) is 2. The third-order valence-electron chi connectivity index (χ3n) is 2.69. The Morgan fingerprint density at radius 1 is 1.20 bits per heavy atom. The van der Waals surface area contributed by atoms with Gasteiger partial charge in [0.2, 0.25) is 0 Å². The normalized spacial score (nSPS) is 10.4. The summed E-state index contributed by atoms with van der Waals surface area (Å²) in [4.78, 5) is 12.2. The summed E-state index contributed by atoms with van der Waals surface area (Å²) in [7, 11) is 0. The van der Waals surface area contributed by atoms with Crippen molar-refractivity contribution in [3.63, 3.8) is 0 Å². The number of rotatable bonds is 2. The van der Waals surface area contributed by atoms with E-state index in [2.05, 4.69) is 37.2 Å². The molecule has 2 rings (SSSR count). The van der Waals surface area contributed by atoms with Gasteiger partial charge in [-0.25, -0.2) is 0 Å². The molecule has 3 nitrogen and oxygen atoms in total. The smallest absolute Gasteiger partial charge is 0.255 e. The highest BCUT2D eigenvalue weighted by molar-refractivity contribution is 9.11. The second kappa shape index (κ2) is 6.16. The van der Waals surface area contributed by atoms with Gasteiger partial charge in [-0.15, -0.1) is 0 Å². The van der Waals surface area contributed by atoms with E-state index >= 15 is 0 Å². The first-order chi connectivity index (χ1) is 9.38. The van der Waals surface area contributed by atoms with E-state index in [1.165, 1.54) is 0 Å². The van der Waals surface area contributed by atoms with Crippen molar-refractivity contribution in [2.75, 3.05) is 11.1 Å². The van der Waals surface area contributed by atoms with Crippen molar-refractivity contribution >= 4 is 60.7 Å². The molecule has 0 radical (unpaired) electrons. The van der Waals surface area contributed by atoms with Gasteiger partial charge in [-0.3, -0.25) is 4.79 Å². The highest BCUT2D eigenvalue weighted by atomic mass is 79.9. The molecule has 3 N–H and O–H groups in total. The van der Waals surface area contributed by atoms with Crippen molar-refractivity contribution in [1.29, 1.82) is 0 Å². The van der Waals surface area contributed by atoms with Crippen molar-refractivity contribution in [3.05, 3.63) is 55.4 Å². The third kappa shape index (κ3) is 3.34. The molecule has 6 heteroatoms. The van der Waals surface area contributed by atoms with Gasteiger partial charge in [0.1, 0.15) is 0 Å². The molecule has 0 aliphatic carbocycles.